The van der Waals surface area contributed by atoms with Crippen LogP contribution < -0.4 is 5.73 Å². The molecule has 4 atom stereocenters. The zero-order chi connectivity index (χ0) is 20.1. The van der Waals surface area contributed by atoms with Crippen molar-refractivity contribution >= 4 is 5.82 Å². The second-order valence-corrected chi connectivity index (χ2v) is 8.74. The summed E-state index contributed by atoms with van der Waals surface area (Å²) in [4.78, 5) is 11.1. The first kappa shape index (κ1) is 17.7. The van der Waals surface area contributed by atoms with Crippen molar-refractivity contribution in [3.63, 3.8) is 0 Å². The maximum Gasteiger partial charge on any atom is 0.419 e. The second-order valence-electron chi connectivity index (χ2n) is 8.74. The molecule has 0 radical (unpaired) electrons. The minimum Gasteiger partial charge on any atom is -0.383 e. The molecule has 9 heteroatoms. The maximum atomic E-state index is 13.3. The summed E-state index contributed by atoms with van der Waals surface area (Å²) < 4.78 is 47.3. The summed E-state index contributed by atoms with van der Waals surface area (Å²) in [5, 5.41) is 0. The monoisotopic (exact) mass is 405 g/mol. The molecule has 2 N–H and O–H groups in total. The molecular weight excluding hydrogens is 383 g/mol. The van der Waals surface area contributed by atoms with Gasteiger partial charge in [-0.1, -0.05) is 0 Å². The Labute approximate surface area is 165 Å². The number of piperidine rings is 1. The molecule has 3 saturated carbocycles. The van der Waals surface area contributed by atoms with Crippen LogP contribution in [0.1, 0.15) is 30.1 Å². The number of hydrogen-bond donors (Lipinski definition) is 1. The molecule has 2 aromatic heterocycles. The third-order valence-electron chi connectivity index (χ3n) is 7.18. The van der Waals surface area contributed by atoms with Crippen molar-refractivity contribution in [3.05, 3.63) is 29.8 Å². The minimum atomic E-state index is -4.54. The second kappa shape index (κ2) is 5.51. The van der Waals surface area contributed by atoms with Crippen molar-refractivity contribution in [2.24, 2.45) is 11.8 Å². The smallest absolute Gasteiger partial charge is 0.383 e. The molecule has 2 bridgehead atoms. The highest BCUT2D eigenvalue weighted by atomic mass is 19.4. The van der Waals surface area contributed by atoms with Gasteiger partial charge in [0.15, 0.2) is 0 Å². The van der Waals surface area contributed by atoms with Gasteiger partial charge in [-0.2, -0.15) is 13.2 Å². The largest absolute Gasteiger partial charge is 0.419 e. The molecule has 154 valence electrons. The topological polar surface area (TPSA) is 69.2 Å². The van der Waals surface area contributed by atoms with Crippen LogP contribution in [0.2, 0.25) is 0 Å². The summed E-state index contributed by atoms with van der Waals surface area (Å²) in [7, 11) is 1.71. The summed E-state index contributed by atoms with van der Waals surface area (Å²) in [6.07, 6.45) is 0.990. The number of nitrogens with two attached hydrogens (primary N) is 1. The summed E-state index contributed by atoms with van der Waals surface area (Å²) >= 11 is 0. The van der Waals surface area contributed by atoms with Gasteiger partial charge in [0.1, 0.15) is 11.6 Å². The highest BCUT2D eigenvalue weighted by molar-refractivity contribution is 5.63. The van der Waals surface area contributed by atoms with Crippen molar-refractivity contribution in [2.45, 2.75) is 36.5 Å². The molecule has 5 fully saturated rings. The van der Waals surface area contributed by atoms with Crippen LogP contribution in [0, 0.1) is 11.8 Å². The van der Waals surface area contributed by atoms with Crippen molar-refractivity contribution < 1.29 is 17.9 Å². The molecule has 2 aromatic rings. The Morgan fingerprint density at radius 2 is 2.14 bits per heavy atom. The third-order valence-corrected chi connectivity index (χ3v) is 7.18. The van der Waals surface area contributed by atoms with Crippen LogP contribution in [0.15, 0.2) is 18.5 Å². The summed E-state index contributed by atoms with van der Waals surface area (Å²) in [6, 6.07) is 1.58. The van der Waals surface area contributed by atoms with Crippen LogP contribution >= 0.6 is 0 Å². The van der Waals surface area contributed by atoms with Gasteiger partial charge in [0.2, 0.25) is 0 Å². The lowest BCUT2D eigenvalue weighted by molar-refractivity contribution is -0.137. The number of anilines is 1. The number of alkyl halides is 3. The average molecular weight is 405 g/mol. The Morgan fingerprint density at radius 1 is 1.34 bits per heavy atom. The van der Waals surface area contributed by atoms with Gasteiger partial charge in [0.25, 0.3) is 0 Å². The molecule has 2 aliphatic heterocycles. The Hall–Kier alpha value is -2.13. The number of ether oxygens (including phenoxy) is 1. The highest BCUT2D eigenvalue weighted by Gasteiger charge is 2.93. The standard InChI is InChI=1S/C20H22F3N5O/c1-29-5-4-27-8-13-15-16(27)19(13,15)28-9-14(26-18(28)10-2-3-10)11-6-12(20(21,22)23)17(24)25-7-11/h6-7,9-10,13,15-16H,2-5,8H2,1H3,(H2,24,25)/t13-,15-,16?,19-/m0/s1. The summed E-state index contributed by atoms with van der Waals surface area (Å²) in [5.41, 5.74) is 5.58. The third kappa shape index (κ3) is 2.31. The molecule has 0 amide bonds. The lowest BCUT2D eigenvalue weighted by Gasteiger charge is -2.17. The highest BCUT2D eigenvalue weighted by Crippen LogP contribution is 2.83. The van der Waals surface area contributed by atoms with Gasteiger partial charge in [0.05, 0.1) is 23.4 Å². The van der Waals surface area contributed by atoms with Gasteiger partial charge < -0.3 is 15.0 Å². The SMILES string of the molecule is COCCN1C[C@H]2[C@H]3C1[C@@]32n1cc(-c2cnc(N)c(C(F)(F)F)c2)nc1C1CC1. The minimum absolute atomic E-state index is 0.102. The molecule has 2 saturated heterocycles. The summed E-state index contributed by atoms with van der Waals surface area (Å²) in [6.45, 7) is 2.71. The molecular formula is C20H22F3N5O. The first-order valence-corrected chi connectivity index (χ1v) is 10.0. The number of fused-ring (bicyclic) bond motifs is 1. The predicted molar refractivity (Wildman–Crippen MR) is 99.0 cm³/mol. The number of aromatic nitrogens is 3. The Balaban J connectivity index is 1.36. The van der Waals surface area contributed by atoms with E-state index in [2.05, 4.69) is 14.5 Å². The van der Waals surface area contributed by atoms with Crippen LogP contribution in [0.25, 0.3) is 11.3 Å². The number of pyridine rings is 1. The Bertz CT molecular complexity index is 994. The van der Waals surface area contributed by atoms with Crippen molar-refractivity contribution in [3.8, 4) is 11.3 Å². The fourth-order valence-corrected chi connectivity index (χ4v) is 5.60. The molecule has 1 unspecified atom stereocenters. The van der Waals surface area contributed by atoms with Gasteiger partial charge in [-0.25, -0.2) is 9.97 Å². The van der Waals surface area contributed by atoms with Gasteiger partial charge in [-0.05, 0) is 18.9 Å². The number of hydrogen-bond acceptors (Lipinski definition) is 5. The lowest BCUT2D eigenvalue weighted by Crippen LogP contribution is -2.29. The number of methoxy groups -OCH3 is 1. The number of nitrogens with zero attached hydrogens (tertiary/aromatic N) is 4. The van der Waals surface area contributed by atoms with Gasteiger partial charge >= 0.3 is 6.18 Å². The van der Waals surface area contributed by atoms with E-state index in [4.69, 9.17) is 15.5 Å². The zero-order valence-electron chi connectivity index (χ0n) is 16.0. The van der Waals surface area contributed by atoms with E-state index in [1.807, 2.05) is 6.20 Å². The van der Waals surface area contributed by atoms with Crippen molar-refractivity contribution in [1.82, 2.24) is 19.4 Å². The van der Waals surface area contributed by atoms with Crippen molar-refractivity contribution in [2.75, 3.05) is 32.5 Å². The molecule has 0 spiro atoms. The van der Waals surface area contributed by atoms with E-state index in [9.17, 15) is 13.2 Å². The average Bonchev–Trinajstić information content (AvgIpc) is 3.62. The van der Waals surface area contributed by atoms with Gasteiger partial charge in [0, 0.05) is 62.0 Å². The first-order chi connectivity index (χ1) is 13.9. The lowest BCUT2D eigenvalue weighted by atomic mass is 10.1. The molecule has 29 heavy (non-hydrogen) atoms. The number of nitrogen functional groups attached to an aromatic ring is 1. The van der Waals surface area contributed by atoms with E-state index < -0.39 is 17.6 Å². The van der Waals surface area contributed by atoms with Crippen LogP contribution in [-0.2, 0) is 16.5 Å². The molecule has 6 nitrogen and oxygen atoms in total. The van der Waals surface area contributed by atoms with Gasteiger partial charge in [-0.15, -0.1) is 0 Å². The van der Waals surface area contributed by atoms with E-state index >= 15 is 0 Å². The molecule has 7 rings (SSSR count). The fourth-order valence-electron chi connectivity index (χ4n) is 5.60. The van der Waals surface area contributed by atoms with Gasteiger partial charge in [-0.3, -0.25) is 4.90 Å². The molecule has 3 aliphatic carbocycles. The predicted octanol–water partition coefficient (Wildman–Crippen LogP) is 2.71. The first-order valence-electron chi connectivity index (χ1n) is 10.0. The van der Waals surface area contributed by atoms with E-state index in [1.54, 1.807) is 7.11 Å². The molecule has 4 heterocycles. The van der Waals surface area contributed by atoms with E-state index in [0.29, 0.717) is 41.7 Å². The van der Waals surface area contributed by atoms with Crippen LogP contribution in [0.3, 0.4) is 0 Å². The Morgan fingerprint density at radius 3 is 2.79 bits per heavy atom. The number of imidazole rings is 1. The number of halogens is 3. The van der Waals surface area contributed by atoms with E-state index in [1.165, 1.54) is 6.20 Å². The van der Waals surface area contributed by atoms with Crippen LogP contribution in [-0.4, -0.2) is 52.3 Å². The molecule has 0 aromatic carbocycles. The zero-order valence-corrected chi connectivity index (χ0v) is 16.0. The number of rotatable bonds is 6. The quantitative estimate of drug-likeness (QED) is 0.800. The molecule has 5 aliphatic rings. The van der Waals surface area contributed by atoms with Crippen LogP contribution in [0.4, 0.5) is 19.0 Å². The van der Waals surface area contributed by atoms with Crippen LogP contribution in [0.5, 0.6) is 0 Å². The Kier molecular flexibility index (Phi) is 3.37. The normalized spacial score (nSPS) is 32.5. The maximum absolute atomic E-state index is 13.3. The van der Waals surface area contributed by atoms with E-state index in [0.717, 1.165) is 37.8 Å². The summed E-state index contributed by atoms with van der Waals surface area (Å²) in [5.74, 6) is 2.20. The van der Waals surface area contributed by atoms with E-state index in [-0.39, 0.29) is 5.54 Å². The van der Waals surface area contributed by atoms with Crippen molar-refractivity contribution in [1.29, 1.82) is 0 Å². The fraction of sp³-hybridized carbons (Fsp3) is 0.600.